The molecule has 52 heavy (non-hydrogen) atoms. The van der Waals surface area contributed by atoms with E-state index in [4.69, 9.17) is 0 Å². The van der Waals surface area contributed by atoms with Crippen LogP contribution in [0.15, 0.2) is 140 Å². The fraction of sp³-hybridized carbons (Fsp3) is 0.204. The number of pyridine rings is 3. The maximum atomic E-state index is 4.64. The Bertz CT molecular complexity index is 2710. The number of fused-ring (bicyclic) bond motifs is 11. The number of allylic oxidation sites excluding steroid dienone is 2. The summed E-state index contributed by atoms with van der Waals surface area (Å²) in [5.74, 6) is 0.729. The van der Waals surface area contributed by atoms with E-state index >= 15 is 0 Å². The molecule has 11 rings (SSSR count). The summed E-state index contributed by atoms with van der Waals surface area (Å²) in [4.78, 5) is 4.64. The monoisotopic (exact) mass is 671 g/mol. The predicted octanol–water partition coefficient (Wildman–Crippen LogP) is 10.5. The van der Waals surface area contributed by atoms with Crippen molar-refractivity contribution in [2.45, 2.75) is 57.5 Å². The molecule has 0 N–H and O–H groups in total. The molecule has 0 spiro atoms. The maximum absolute atomic E-state index is 4.64. The molecule has 0 amide bonds. The van der Waals surface area contributed by atoms with Crippen LogP contribution in [-0.2, 0) is 11.0 Å². The van der Waals surface area contributed by atoms with Gasteiger partial charge in [0.1, 0.15) is 11.8 Å². The summed E-state index contributed by atoms with van der Waals surface area (Å²) < 4.78 is 5.28. The summed E-state index contributed by atoms with van der Waals surface area (Å²) in [7, 11) is 0. The lowest BCUT2D eigenvalue weighted by Gasteiger charge is -2.59. The van der Waals surface area contributed by atoms with Gasteiger partial charge in [0.25, 0.3) is 0 Å². The highest BCUT2D eigenvalue weighted by molar-refractivity contribution is 6.05. The molecule has 2 aliphatic heterocycles. The van der Waals surface area contributed by atoms with Crippen LogP contribution in [0.5, 0.6) is 0 Å². The van der Waals surface area contributed by atoms with Crippen molar-refractivity contribution >= 4 is 16.3 Å². The fourth-order valence-corrected chi connectivity index (χ4v) is 10.2. The summed E-state index contributed by atoms with van der Waals surface area (Å²) in [5.41, 5.74) is 18.4. The highest BCUT2D eigenvalue weighted by Crippen LogP contribution is 2.72. The molecular formula is C49H41N3+2. The van der Waals surface area contributed by atoms with Gasteiger partial charge >= 0.3 is 0 Å². The predicted molar refractivity (Wildman–Crippen MR) is 210 cm³/mol. The normalized spacial score (nSPS) is 21.6. The van der Waals surface area contributed by atoms with Crippen LogP contribution in [0, 0.1) is 19.8 Å². The van der Waals surface area contributed by atoms with E-state index in [1.54, 1.807) is 0 Å². The number of hydrogen-bond acceptors (Lipinski definition) is 1. The van der Waals surface area contributed by atoms with E-state index < -0.39 is 0 Å². The third-order valence-corrected chi connectivity index (χ3v) is 12.8. The molecule has 3 heteroatoms. The van der Waals surface area contributed by atoms with Crippen LogP contribution in [0.25, 0.3) is 61.1 Å². The average Bonchev–Trinajstić information content (AvgIpc) is 3.32. The lowest BCUT2D eigenvalue weighted by atomic mass is 9.42. The van der Waals surface area contributed by atoms with Gasteiger partial charge in [-0.05, 0) is 99.0 Å². The zero-order chi connectivity index (χ0) is 35.1. The Balaban J connectivity index is 1.14. The van der Waals surface area contributed by atoms with Crippen molar-refractivity contribution in [3.05, 3.63) is 168 Å². The molecule has 3 nitrogen and oxygen atoms in total. The molecule has 4 aliphatic rings. The van der Waals surface area contributed by atoms with Gasteiger partial charge < -0.3 is 0 Å². The second-order valence-corrected chi connectivity index (χ2v) is 16.6. The molecule has 3 aromatic heterocycles. The summed E-state index contributed by atoms with van der Waals surface area (Å²) in [6, 6.07) is 42.0. The lowest BCUT2D eigenvalue weighted by Crippen LogP contribution is -2.80. The van der Waals surface area contributed by atoms with E-state index in [2.05, 4.69) is 176 Å². The standard InChI is InChI=1S/C49H41N3/c1-29-10-12-31(13-11-29)34-16-17-35(42-28-50-21-18-37(34)42)32-14-15-36-40(25-32)44-26-33(48(3,4)5)20-23-52(44)49-27-41(36)46(49)47-45(49)39-9-7-6-8-38(39)43-24-30(2)19-22-51(43)47/h6-28,45-47H,1-5H3/q+2. The van der Waals surface area contributed by atoms with Crippen LogP contribution in [0.2, 0.25) is 0 Å². The van der Waals surface area contributed by atoms with E-state index in [0.29, 0.717) is 17.9 Å². The summed E-state index contributed by atoms with van der Waals surface area (Å²) in [6.45, 7) is 11.3. The van der Waals surface area contributed by atoms with Gasteiger partial charge in [0.15, 0.2) is 18.4 Å². The molecule has 250 valence electrons. The first kappa shape index (κ1) is 30.0. The zero-order valence-corrected chi connectivity index (χ0v) is 30.4. The van der Waals surface area contributed by atoms with Crippen molar-refractivity contribution in [1.82, 2.24) is 4.98 Å². The topological polar surface area (TPSA) is 20.6 Å². The second-order valence-electron chi connectivity index (χ2n) is 16.6. The Labute approximate surface area is 305 Å². The van der Waals surface area contributed by atoms with Crippen molar-refractivity contribution in [1.29, 1.82) is 0 Å². The molecule has 4 atom stereocenters. The molecule has 2 bridgehead atoms. The quantitative estimate of drug-likeness (QED) is 0.168. The van der Waals surface area contributed by atoms with Gasteiger partial charge in [-0.2, -0.15) is 9.13 Å². The number of nitrogens with zero attached hydrogens (tertiary/aromatic N) is 3. The van der Waals surface area contributed by atoms with Gasteiger partial charge in [0, 0.05) is 42.0 Å². The average molecular weight is 672 g/mol. The van der Waals surface area contributed by atoms with Crippen LogP contribution in [0.4, 0.5) is 0 Å². The first-order valence-electron chi connectivity index (χ1n) is 18.7. The summed E-state index contributed by atoms with van der Waals surface area (Å²) in [6.07, 6.45) is 11.4. The third kappa shape index (κ3) is 3.83. The van der Waals surface area contributed by atoms with Gasteiger partial charge in [-0.15, -0.1) is 0 Å². The maximum Gasteiger partial charge on any atom is 0.214 e. The molecule has 2 aliphatic carbocycles. The van der Waals surface area contributed by atoms with Crippen LogP contribution in [-0.4, -0.2) is 4.98 Å². The fourth-order valence-electron chi connectivity index (χ4n) is 10.2. The van der Waals surface area contributed by atoms with Gasteiger partial charge in [-0.3, -0.25) is 4.98 Å². The Hall–Kier alpha value is -5.67. The minimum atomic E-state index is -0.122. The van der Waals surface area contributed by atoms with E-state index in [0.717, 1.165) is 0 Å². The molecule has 0 saturated heterocycles. The van der Waals surface area contributed by atoms with Gasteiger partial charge in [0.05, 0.1) is 11.1 Å². The van der Waals surface area contributed by atoms with Gasteiger partial charge in [-0.25, -0.2) is 0 Å². The first-order valence-corrected chi connectivity index (χ1v) is 18.7. The van der Waals surface area contributed by atoms with E-state index in [-0.39, 0.29) is 11.0 Å². The van der Waals surface area contributed by atoms with Crippen molar-refractivity contribution in [2.75, 3.05) is 0 Å². The number of rotatable bonds is 2. The smallest absolute Gasteiger partial charge is 0.214 e. The molecule has 5 heterocycles. The van der Waals surface area contributed by atoms with E-state index in [1.807, 2.05) is 12.4 Å². The van der Waals surface area contributed by atoms with Crippen molar-refractivity contribution in [3.8, 4) is 44.8 Å². The summed E-state index contributed by atoms with van der Waals surface area (Å²) in [5, 5.41) is 2.41. The number of aromatic nitrogens is 3. The molecule has 4 unspecified atom stereocenters. The van der Waals surface area contributed by atoms with Crippen molar-refractivity contribution in [2.24, 2.45) is 5.92 Å². The van der Waals surface area contributed by atoms with Crippen LogP contribution >= 0.6 is 0 Å². The molecular weight excluding hydrogens is 631 g/mol. The van der Waals surface area contributed by atoms with E-state index in [9.17, 15) is 0 Å². The molecule has 1 saturated carbocycles. The van der Waals surface area contributed by atoms with Gasteiger partial charge in [0.2, 0.25) is 16.9 Å². The first-order chi connectivity index (χ1) is 25.2. The largest absolute Gasteiger partial charge is 0.264 e. The number of benzene rings is 4. The summed E-state index contributed by atoms with van der Waals surface area (Å²) >= 11 is 0. The lowest BCUT2D eigenvalue weighted by molar-refractivity contribution is -0.829. The molecule has 7 aromatic rings. The second kappa shape index (κ2) is 10.2. The Morgan fingerprint density at radius 3 is 2.21 bits per heavy atom. The Morgan fingerprint density at radius 1 is 0.615 bits per heavy atom. The highest BCUT2D eigenvalue weighted by Gasteiger charge is 2.81. The van der Waals surface area contributed by atoms with Crippen LogP contribution in [0.1, 0.15) is 60.5 Å². The van der Waals surface area contributed by atoms with Crippen LogP contribution in [0.3, 0.4) is 0 Å². The Kier molecular flexibility index (Phi) is 5.90. The Morgan fingerprint density at radius 2 is 1.38 bits per heavy atom. The minimum absolute atomic E-state index is 0.0243. The van der Waals surface area contributed by atoms with E-state index in [1.165, 1.54) is 88.9 Å². The molecule has 0 radical (unpaired) electrons. The number of aryl methyl sites for hydroxylation is 2. The number of hydrogen-bond donors (Lipinski definition) is 0. The van der Waals surface area contributed by atoms with Crippen molar-refractivity contribution in [3.63, 3.8) is 0 Å². The van der Waals surface area contributed by atoms with Gasteiger partial charge in [-0.1, -0.05) is 93.1 Å². The molecule has 4 aromatic carbocycles. The third-order valence-electron chi connectivity index (χ3n) is 12.8. The van der Waals surface area contributed by atoms with Crippen LogP contribution < -0.4 is 9.13 Å². The molecule has 1 fully saturated rings. The SMILES string of the molecule is Cc1ccc(-c2ccc(-c3ccc4c(c3)-c3cc(C(C)(C)C)cc[n+]3C35C=C4C3C3C5c4ccccc4-c4cc(C)cc[n+]43)c3cnccc23)cc1. The minimum Gasteiger partial charge on any atom is -0.264 e. The highest BCUT2D eigenvalue weighted by atomic mass is 15.2. The van der Waals surface area contributed by atoms with Crippen molar-refractivity contribution < 1.29 is 9.13 Å². The zero-order valence-electron chi connectivity index (χ0n) is 30.4.